The average molecular weight is 828 g/mol. The lowest BCUT2D eigenvalue weighted by molar-refractivity contribution is -0.147. The molecule has 2 aromatic rings. The largest absolute Gasteiger partial charge is 0.491 e. The summed E-state index contributed by atoms with van der Waals surface area (Å²) in [5.41, 5.74) is 8.61. The van der Waals surface area contributed by atoms with Crippen LogP contribution in [0, 0.1) is 5.41 Å². The second kappa shape index (κ2) is 24.1. The molecule has 0 saturated carbocycles. The molecule has 4 atom stereocenters. The Labute approximate surface area is 348 Å². The van der Waals surface area contributed by atoms with Crippen LogP contribution in [0.5, 0.6) is 5.75 Å². The number of carbonyl (C=O) groups is 4. The minimum Gasteiger partial charge on any atom is -0.491 e. The minimum atomic E-state index is -1.27. The van der Waals surface area contributed by atoms with Crippen LogP contribution in [0.2, 0.25) is 0 Å². The van der Waals surface area contributed by atoms with Gasteiger partial charge in [0.2, 0.25) is 17.7 Å². The smallest absolute Gasteiger partial charge is 0.407 e. The first-order chi connectivity index (χ1) is 28.3. The molecule has 1 aliphatic heterocycles. The summed E-state index contributed by atoms with van der Waals surface area (Å²) >= 11 is 0. The minimum absolute atomic E-state index is 0.104. The summed E-state index contributed by atoms with van der Waals surface area (Å²) in [6.45, 7) is 12.3. The molecule has 0 saturated heterocycles. The van der Waals surface area contributed by atoms with E-state index in [1.807, 2.05) is 57.2 Å². The number of likely N-dealkylation sites (N-methyl/N-ethyl adjacent to an activating group) is 1. The fraction of sp³-hybridized carbons (Fsp3) is 0.628. The normalized spacial score (nSPS) is 17.3. The van der Waals surface area contributed by atoms with Gasteiger partial charge in [-0.05, 0) is 66.0 Å². The molecule has 4 amide bonds. The Bertz CT molecular complexity index is 1650. The molecule has 2 aromatic carbocycles. The lowest BCUT2D eigenvalue weighted by atomic mass is 9.83. The predicted molar refractivity (Wildman–Crippen MR) is 220 cm³/mol. The van der Waals surface area contributed by atoms with Crippen molar-refractivity contribution in [2.45, 2.75) is 84.1 Å². The van der Waals surface area contributed by atoms with Crippen LogP contribution < -0.4 is 21.1 Å². The topological polar surface area (TPSA) is 200 Å². The lowest BCUT2D eigenvalue weighted by Gasteiger charge is -2.42. The molecule has 1 heterocycles. The monoisotopic (exact) mass is 827 g/mol. The van der Waals surface area contributed by atoms with Crippen LogP contribution in [0.15, 0.2) is 42.5 Å². The quantitative estimate of drug-likeness (QED) is 0.113. The molecule has 4 rings (SSSR count). The molecule has 5 N–H and O–H groups in total. The van der Waals surface area contributed by atoms with Crippen LogP contribution in [-0.4, -0.2) is 143 Å². The first kappa shape index (κ1) is 47.4. The van der Waals surface area contributed by atoms with Crippen LogP contribution in [0.3, 0.4) is 0 Å². The number of fused-ring (bicyclic) bond motifs is 2. The third-order valence-corrected chi connectivity index (χ3v) is 10.5. The molecule has 328 valence electrons. The van der Waals surface area contributed by atoms with Gasteiger partial charge in [0.05, 0.1) is 72.1 Å². The summed E-state index contributed by atoms with van der Waals surface area (Å²) in [5, 5.41) is 15.6. The highest BCUT2D eigenvalue weighted by Gasteiger charge is 2.43. The number of rotatable bonds is 24. The molecule has 59 heavy (non-hydrogen) atoms. The van der Waals surface area contributed by atoms with E-state index in [2.05, 4.69) is 16.7 Å². The molecule has 0 radical (unpaired) electrons. The molecule has 0 unspecified atom stereocenters. The number of benzene rings is 2. The molecular formula is C43H65N5O11. The highest BCUT2D eigenvalue weighted by Crippen LogP contribution is 2.33. The summed E-state index contributed by atoms with van der Waals surface area (Å²) in [7, 11) is 1.30. The highest BCUT2D eigenvalue weighted by atomic mass is 16.6. The Morgan fingerprint density at radius 2 is 1.44 bits per heavy atom. The Hall–Kier alpha value is -4.32. The zero-order chi connectivity index (χ0) is 42.8. The molecule has 0 aromatic heterocycles. The van der Waals surface area contributed by atoms with Crippen LogP contribution in [0.1, 0.15) is 68.8 Å². The number of nitrogens with one attached hydrogen (secondary N) is 2. The molecule has 0 fully saturated rings. The molecule has 16 nitrogen and oxygen atoms in total. The van der Waals surface area contributed by atoms with Crippen molar-refractivity contribution in [2.75, 3.05) is 86.3 Å². The van der Waals surface area contributed by atoms with Crippen molar-refractivity contribution in [3.8, 4) is 5.75 Å². The van der Waals surface area contributed by atoms with Gasteiger partial charge in [0.25, 0.3) is 0 Å². The third kappa shape index (κ3) is 14.7. The number of amides is 4. The molecular weight excluding hydrogens is 762 g/mol. The Kier molecular flexibility index (Phi) is 19.3. The maximum Gasteiger partial charge on any atom is 0.407 e. The van der Waals surface area contributed by atoms with E-state index in [1.165, 1.54) is 19.5 Å². The van der Waals surface area contributed by atoms with Crippen LogP contribution in [-0.2, 0) is 57.5 Å². The van der Waals surface area contributed by atoms with Crippen molar-refractivity contribution in [3.05, 3.63) is 64.7 Å². The van der Waals surface area contributed by atoms with E-state index >= 15 is 0 Å². The van der Waals surface area contributed by atoms with Crippen molar-refractivity contribution in [1.82, 2.24) is 20.4 Å². The van der Waals surface area contributed by atoms with Gasteiger partial charge in [-0.15, -0.1) is 0 Å². The summed E-state index contributed by atoms with van der Waals surface area (Å²) in [5.74, 6) is -0.734. The van der Waals surface area contributed by atoms with Gasteiger partial charge < -0.3 is 54.8 Å². The van der Waals surface area contributed by atoms with Gasteiger partial charge in [-0.1, -0.05) is 51.1 Å². The Balaban J connectivity index is 1.35. The second-order valence-corrected chi connectivity index (χ2v) is 15.8. The van der Waals surface area contributed by atoms with E-state index < -0.39 is 41.4 Å². The van der Waals surface area contributed by atoms with Crippen molar-refractivity contribution < 1.29 is 52.7 Å². The summed E-state index contributed by atoms with van der Waals surface area (Å²) in [6.07, 6.45) is 1.65. The number of nitrogens with two attached hydrogens (primary N) is 1. The average Bonchev–Trinajstić information content (AvgIpc) is 3.22. The van der Waals surface area contributed by atoms with E-state index in [0.29, 0.717) is 78.4 Å². The predicted octanol–water partition coefficient (Wildman–Crippen LogP) is 3.08. The first-order valence-electron chi connectivity index (χ1n) is 20.6. The van der Waals surface area contributed by atoms with Crippen molar-refractivity contribution in [1.29, 1.82) is 0 Å². The number of nitrogens with zero attached hydrogens (tertiary/aromatic N) is 2. The van der Waals surface area contributed by atoms with E-state index in [0.717, 1.165) is 40.9 Å². The number of carboxylic acid groups (broad SMARTS) is 1. The number of hydrogen-bond donors (Lipinski definition) is 4. The standard InChI is InChI=1S/C43H65N5O11/c1-30(47(5)42(52)53)39(49)46-38(43(2,3)4)41(51)48-29-33-27-34(59-26-25-58-24-23-57-22-21-56-20-19-55-18-17-54-16-15-44)14-13-32(33)28-37(48)40(50)45-36-12-8-10-31-9-6-7-11-35(31)36/h6-7,9,11,13-14,27,30,36-38H,8,10,12,15-26,28-29,44H2,1-5H3,(H,45,50)(H,46,49)(H,52,53)/t30-,36+,37-,38+/m0/s1. The van der Waals surface area contributed by atoms with E-state index in [1.54, 1.807) is 4.90 Å². The number of hydrogen-bond acceptors (Lipinski definition) is 11. The maximum atomic E-state index is 14.7. The van der Waals surface area contributed by atoms with Crippen molar-refractivity contribution in [2.24, 2.45) is 11.1 Å². The Morgan fingerprint density at radius 1 is 0.847 bits per heavy atom. The number of aryl methyl sites for hydroxylation is 1. The lowest BCUT2D eigenvalue weighted by Crippen LogP contribution is -2.62. The fourth-order valence-corrected chi connectivity index (χ4v) is 6.99. The second-order valence-electron chi connectivity index (χ2n) is 15.8. The molecule has 2 aliphatic rings. The fourth-order valence-electron chi connectivity index (χ4n) is 6.99. The van der Waals surface area contributed by atoms with Crippen LogP contribution in [0.25, 0.3) is 0 Å². The molecule has 0 spiro atoms. The molecule has 0 bridgehead atoms. The van der Waals surface area contributed by atoms with E-state index in [-0.39, 0.29) is 31.5 Å². The summed E-state index contributed by atoms with van der Waals surface area (Å²) in [6, 6.07) is 10.6. The van der Waals surface area contributed by atoms with Gasteiger partial charge in [-0.25, -0.2) is 4.79 Å². The Morgan fingerprint density at radius 3 is 2.03 bits per heavy atom. The highest BCUT2D eigenvalue weighted by molar-refractivity contribution is 5.94. The zero-order valence-electron chi connectivity index (χ0n) is 35.4. The van der Waals surface area contributed by atoms with Gasteiger partial charge in [0.15, 0.2) is 0 Å². The van der Waals surface area contributed by atoms with Gasteiger partial charge in [0, 0.05) is 26.6 Å². The number of carbonyl (C=O) groups excluding carboxylic acids is 3. The van der Waals surface area contributed by atoms with Gasteiger partial charge >= 0.3 is 6.09 Å². The summed E-state index contributed by atoms with van der Waals surface area (Å²) < 4.78 is 33.4. The first-order valence-corrected chi connectivity index (χ1v) is 20.6. The van der Waals surface area contributed by atoms with Crippen LogP contribution in [0.4, 0.5) is 4.79 Å². The van der Waals surface area contributed by atoms with Crippen molar-refractivity contribution in [3.63, 3.8) is 0 Å². The van der Waals surface area contributed by atoms with E-state index in [9.17, 15) is 24.3 Å². The van der Waals surface area contributed by atoms with Gasteiger partial charge in [-0.3, -0.25) is 19.3 Å². The number of ether oxygens (including phenoxy) is 6. The zero-order valence-corrected chi connectivity index (χ0v) is 35.4. The molecule has 16 heteroatoms. The van der Waals surface area contributed by atoms with Crippen molar-refractivity contribution >= 4 is 23.8 Å². The maximum absolute atomic E-state index is 14.7. The molecule has 1 aliphatic carbocycles. The summed E-state index contributed by atoms with van der Waals surface area (Å²) in [4.78, 5) is 56.4. The van der Waals surface area contributed by atoms with Gasteiger partial charge in [-0.2, -0.15) is 0 Å². The van der Waals surface area contributed by atoms with Crippen LogP contribution >= 0.6 is 0 Å². The third-order valence-electron chi connectivity index (χ3n) is 10.5. The SMILES string of the molecule is C[C@@H](C(=O)N[C@H](C(=O)N1Cc2cc(OCCOCCOCCOCCOCCOCCN)ccc2C[C@H]1C(=O)N[C@@H]1CCCc2ccccc21)C(C)(C)C)N(C)C(=O)O. The van der Waals surface area contributed by atoms with E-state index in [4.69, 9.17) is 34.2 Å². The van der Waals surface area contributed by atoms with Gasteiger partial charge in [0.1, 0.15) is 30.5 Å².